The second kappa shape index (κ2) is 16.0. The van der Waals surface area contributed by atoms with Crippen LogP contribution < -0.4 is 22.0 Å². The van der Waals surface area contributed by atoms with Crippen LogP contribution in [0.3, 0.4) is 0 Å². The minimum absolute atomic E-state index is 0. The number of aryl methyl sites for hydroxylation is 1. The highest BCUT2D eigenvalue weighted by Gasteiger charge is 1.95. The Bertz CT molecular complexity index is 300. The fourth-order valence-electron chi connectivity index (χ4n) is 2.76. The molecule has 0 spiro atoms. The predicted molar refractivity (Wildman–Crippen MR) is 87.8 cm³/mol. The van der Waals surface area contributed by atoms with E-state index < -0.39 is 0 Å². The Hall–Kier alpha value is -0.370. The molecule has 122 valence electrons. The molecule has 1 nitrogen and oxygen atoms in total. The summed E-state index contributed by atoms with van der Waals surface area (Å²) in [6, 6.07) is 4.39. The Morgan fingerprint density at radius 1 is 0.667 bits per heavy atom. The van der Waals surface area contributed by atoms with Gasteiger partial charge in [0, 0.05) is 12.1 Å². The maximum Gasteiger partial charge on any atom is 0.167 e. The van der Waals surface area contributed by atoms with Crippen LogP contribution in [-0.2, 0) is 6.42 Å². The standard InChI is InChI=1S/C19H33N.BrH/c1-2-3-4-5-6-7-8-9-10-11-12-13-14-19-15-17-20-18-16-19;/h15-18H,2-14H2,1H3;1H. The van der Waals surface area contributed by atoms with Crippen molar-refractivity contribution >= 4 is 0 Å². The van der Waals surface area contributed by atoms with Crippen molar-refractivity contribution in [3.8, 4) is 0 Å². The lowest BCUT2D eigenvalue weighted by Gasteiger charge is -2.03. The fourth-order valence-corrected chi connectivity index (χ4v) is 2.76. The third-order valence-electron chi connectivity index (χ3n) is 4.11. The number of aromatic nitrogens is 1. The van der Waals surface area contributed by atoms with Gasteiger partial charge in [0.1, 0.15) is 0 Å². The van der Waals surface area contributed by atoms with E-state index in [1.807, 2.05) is 12.4 Å². The molecule has 0 amide bonds. The third-order valence-corrected chi connectivity index (χ3v) is 4.11. The number of rotatable bonds is 13. The van der Waals surface area contributed by atoms with Gasteiger partial charge in [-0.1, -0.05) is 77.6 Å². The Balaban J connectivity index is 0.00000400. The number of nitrogens with one attached hydrogen (secondary N) is 1. The van der Waals surface area contributed by atoms with Gasteiger partial charge in [-0.2, -0.15) is 0 Å². The number of unbranched alkanes of at least 4 members (excludes halogenated alkanes) is 11. The van der Waals surface area contributed by atoms with Gasteiger partial charge in [-0.15, -0.1) is 0 Å². The molecule has 1 rings (SSSR count). The van der Waals surface area contributed by atoms with Gasteiger partial charge in [0.2, 0.25) is 0 Å². The zero-order chi connectivity index (χ0) is 14.3. The molecule has 1 aromatic heterocycles. The van der Waals surface area contributed by atoms with Crippen LogP contribution in [0.25, 0.3) is 0 Å². The normalized spacial score (nSPS) is 10.3. The highest BCUT2D eigenvalue weighted by atomic mass is 79.9. The van der Waals surface area contributed by atoms with Gasteiger partial charge in [0.25, 0.3) is 0 Å². The van der Waals surface area contributed by atoms with Crippen molar-refractivity contribution in [3.05, 3.63) is 30.1 Å². The fraction of sp³-hybridized carbons (Fsp3) is 0.737. The van der Waals surface area contributed by atoms with Crippen LogP contribution in [0, 0.1) is 0 Å². The minimum Gasteiger partial charge on any atom is -1.00 e. The first kappa shape index (κ1) is 20.6. The monoisotopic (exact) mass is 355 g/mol. The number of hydrogen-bond acceptors (Lipinski definition) is 0. The molecule has 2 heteroatoms. The van der Waals surface area contributed by atoms with E-state index in [0.717, 1.165) is 0 Å². The van der Waals surface area contributed by atoms with E-state index in [0.29, 0.717) is 0 Å². The first-order valence-electron chi connectivity index (χ1n) is 8.88. The number of H-pyrrole nitrogens is 1. The van der Waals surface area contributed by atoms with Crippen LogP contribution in [0.15, 0.2) is 24.5 Å². The van der Waals surface area contributed by atoms with E-state index in [-0.39, 0.29) is 17.0 Å². The van der Waals surface area contributed by atoms with Crippen LogP contribution in [0.4, 0.5) is 0 Å². The number of aromatic amines is 1. The van der Waals surface area contributed by atoms with E-state index in [4.69, 9.17) is 0 Å². The smallest absolute Gasteiger partial charge is 0.167 e. The molecule has 0 radical (unpaired) electrons. The van der Waals surface area contributed by atoms with Crippen molar-refractivity contribution in [2.45, 2.75) is 90.4 Å². The summed E-state index contributed by atoms with van der Waals surface area (Å²) in [6.45, 7) is 2.29. The molecule has 0 bridgehead atoms. The molecule has 0 saturated carbocycles. The van der Waals surface area contributed by atoms with E-state index in [1.165, 1.54) is 89.0 Å². The number of hydrogen-bond donors (Lipinski definition) is 0. The molecule has 0 atom stereocenters. The summed E-state index contributed by atoms with van der Waals surface area (Å²) >= 11 is 0. The molecule has 0 aliphatic carbocycles. The maximum atomic E-state index is 3.08. The first-order chi connectivity index (χ1) is 9.93. The highest BCUT2D eigenvalue weighted by Crippen LogP contribution is 2.12. The molecule has 1 N–H and O–H groups in total. The van der Waals surface area contributed by atoms with E-state index >= 15 is 0 Å². The number of halogens is 1. The lowest BCUT2D eigenvalue weighted by atomic mass is 10.0. The quantitative estimate of drug-likeness (QED) is 0.483. The largest absolute Gasteiger partial charge is 1.00 e. The number of pyridine rings is 1. The Kier molecular flexibility index (Phi) is 15.7. The van der Waals surface area contributed by atoms with E-state index in [9.17, 15) is 0 Å². The summed E-state index contributed by atoms with van der Waals surface area (Å²) in [5, 5.41) is 0. The topological polar surface area (TPSA) is 14.1 Å². The average Bonchev–Trinajstić information content (AvgIpc) is 2.49. The van der Waals surface area contributed by atoms with Gasteiger partial charge >= 0.3 is 0 Å². The molecule has 0 aromatic carbocycles. The minimum atomic E-state index is 0. The lowest BCUT2D eigenvalue weighted by molar-refractivity contribution is -0.378. The SMILES string of the molecule is CCCCCCCCCCCCCCc1cc[nH+]cc1.[Br-]. The van der Waals surface area contributed by atoms with Crippen molar-refractivity contribution < 1.29 is 22.0 Å². The first-order valence-corrected chi connectivity index (χ1v) is 8.88. The van der Waals surface area contributed by atoms with Crippen molar-refractivity contribution in [2.24, 2.45) is 0 Å². The van der Waals surface area contributed by atoms with Crippen LogP contribution in [-0.4, -0.2) is 0 Å². The molecule has 1 heterocycles. The Labute approximate surface area is 142 Å². The summed E-state index contributed by atoms with van der Waals surface area (Å²) < 4.78 is 0. The van der Waals surface area contributed by atoms with Crippen LogP contribution in [0.5, 0.6) is 0 Å². The van der Waals surface area contributed by atoms with Gasteiger partial charge < -0.3 is 17.0 Å². The van der Waals surface area contributed by atoms with Crippen molar-refractivity contribution in [1.29, 1.82) is 0 Å². The van der Waals surface area contributed by atoms with E-state index in [2.05, 4.69) is 24.0 Å². The molecule has 0 aliphatic rings. The molecule has 0 fully saturated rings. The van der Waals surface area contributed by atoms with E-state index in [1.54, 1.807) is 0 Å². The van der Waals surface area contributed by atoms with Crippen LogP contribution in [0.1, 0.15) is 89.5 Å². The van der Waals surface area contributed by atoms with Crippen LogP contribution in [0.2, 0.25) is 0 Å². The molecule has 1 aromatic rings. The van der Waals surface area contributed by atoms with Crippen LogP contribution >= 0.6 is 0 Å². The van der Waals surface area contributed by atoms with Crippen molar-refractivity contribution in [3.63, 3.8) is 0 Å². The second-order valence-electron chi connectivity index (χ2n) is 6.05. The third kappa shape index (κ3) is 13.0. The van der Waals surface area contributed by atoms with Gasteiger partial charge in [0.05, 0.1) is 0 Å². The zero-order valence-corrected chi connectivity index (χ0v) is 15.5. The Morgan fingerprint density at radius 3 is 1.57 bits per heavy atom. The van der Waals surface area contributed by atoms with Gasteiger partial charge in [0.15, 0.2) is 12.4 Å². The summed E-state index contributed by atoms with van der Waals surface area (Å²) in [6.07, 6.45) is 22.4. The lowest BCUT2D eigenvalue weighted by Crippen LogP contribution is -3.00. The molecule has 0 aliphatic heterocycles. The molecule has 0 unspecified atom stereocenters. The van der Waals surface area contributed by atoms with Crippen molar-refractivity contribution in [1.82, 2.24) is 0 Å². The molecule has 0 saturated heterocycles. The molecule has 21 heavy (non-hydrogen) atoms. The molecular weight excluding hydrogens is 322 g/mol. The maximum absolute atomic E-state index is 3.08. The zero-order valence-electron chi connectivity index (χ0n) is 13.9. The summed E-state index contributed by atoms with van der Waals surface area (Å²) in [5.74, 6) is 0. The average molecular weight is 356 g/mol. The van der Waals surface area contributed by atoms with Crippen molar-refractivity contribution in [2.75, 3.05) is 0 Å². The second-order valence-corrected chi connectivity index (χ2v) is 6.05. The summed E-state index contributed by atoms with van der Waals surface area (Å²) in [5.41, 5.74) is 1.47. The van der Waals surface area contributed by atoms with Gasteiger partial charge in [-0.05, 0) is 18.4 Å². The predicted octanol–water partition coefficient (Wildman–Crippen LogP) is 2.75. The van der Waals surface area contributed by atoms with Gasteiger partial charge in [-0.25, -0.2) is 4.98 Å². The summed E-state index contributed by atoms with van der Waals surface area (Å²) in [4.78, 5) is 3.08. The highest BCUT2D eigenvalue weighted by molar-refractivity contribution is 5.06. The van der Waals surface area contributed by atoms with Gasteiger partial charge in [-0.3, -0.25) is 0 Å². The Morgan fingerprint density at radius 2 is 1.10 bits per heavy atom. The summed E-state index contributed by atoms with van der Waals surface area (Å²) in [7, 11) is 0. The molecular formula is C19H34BrN.